The molecule has 1 unspecified atom stereocenters. The molecule has 0 spiro atoms. The van der Waals surface area contributed by atoms with Crippen LogP contribution in [0.4, 0.5) is 0 Å². The van der Waals surface area contributed by atoms with Gasteiger partial charge in [0.25, 0.3) is 0 Å². The molecule has 1 aromatic rings. The van der Waals surface area contributed by atoms with Crippen LogP contribution in [0, 0.1) is 10.8 Å². The number of esters is 2. The quantitative estimate of drug-likeness (QED) is 0.123. The maximum atomic E-state index is 14.0. The second kappa shape index (κ2) is 13.9. The fourth-order valence-corrected chi connectivity index (χ4v) is 4.58. The SMILES string of the molecule is COc1ccc(CC(CCN(O)C(C)=O)P(=O)(OCOC(=O)C(C)(C)C)OCOC(=O)C(C)(C)C)cc1. The topological polar surface area (TPSA) is 138 Å². The monoisotopic (exact) mass is 545 g/mol. The van der Waals surface area contributed by atoms with Crippen molar-refractivity contribution in [2.24, 2.45) is 10.8 Å². The summed E-state index contributed by atoms with van der Waals surface area (Å²) >= 11 is 0. The van der Waals surface area contributed by atoms with E-state index in [1.54, 1.807) is 65.8 Å². The summed E-state index contributed by atoms with van der Waals surface area (Å²) in [5, 5.41) is 10.4. The van der Waals surface area contributed by atoms with Gasteiger partial charge in [0.2, 0.25) is 19.5 Å². The van der Waals surface area contributed by atoms with Crippen LogP contribution in [-0.4, -0.2) is 61.0 Å². The Morgan fingerprint density at radius 2 is 1.38 bits per heavy atom. The fourth-order valence-electron chi connectivity index (χ4n) is 2.82. The minimum absolute atomic E-state index is 0.000177. The molecule has 0 radical (unpaired) electrons. The van der Waals surface area contributed by atoms with Crippen LogP contribution in [0.15, 0.2) is 24.3 Å². The first kappa shape index (κ1) is 32.6. The number of carbonyl (C=O) groups is 3. The number of ether oxygens (including phenoxy) is 3. The van der Waals surface area contributed by atoms with Crippen molar-refractivity contribution in [3.63, 3.8) is 0 Å². The molecule has 0 aliphatic carbocycles. The number of hydrogen-bond donors (Lipinski definition) is 1. The van der Waals surface area contributed by atoms with Crippen LogP contribution in [0.1, 0.15) is 60.5 Å². The van der Waals surface area contributed by atoms with Gasteiger partial charge in [-0.05, 0) is 72.1 Å². The third-order valence-corrected chi connectivity index (χ3v) is 7.45. The highest BCUT2D eigenvalue weighted by Crippen LogP contribution is 2.55. The highest BCUT2D eigenvalue weighted by molar-refractivity contribution is 7.54. The van der Waals surface area contributed by atoms with Gasteiger partial charge in [0.15, 0.2) is 0 Å². The van der Waals surface area contributed by atoms with Gasteiger partial charge in [-0.3, -0.25) is 33.2 Å². The van der Waals surface area contributed by atoms with E-state index < -0.39 is 55.5 Å². The van der Waals surface area contributed by atoms with Crippen molar-refractivity contribution in [1.29, 1.82) is 0 Å². The van der Waals surface area contributed by atoms with Crippen molar-refractivity contribution >= 4 is 25.4 Å². The number of hydrogen-bond acceptors (Lipinski definition) is 10. The van der Waals surface area contributed by atoms with Crippen LogP contribution in [0.25, 0.3) is 0 Å². The van der Waals surface area contributed by atoms with Crippen molar-refractivity contribution in [2.45, 2.75) is 67.0 Å². The van der Waals surface area contributed by atoms with Crippen LogP contribution in [0.5, 0.6) is 5.75 Å². The summed E-state index contributed by atoms with van der Waals surface area (Å²) in [6.07, 6.45) is 0.146. The van der Waals surface area contributed by atoms with Crippen molar-refractivity contribution in [1.82, 2.24) is 5.06 Å². The Morgan fingerprint density at radius 1 is 0.919 bits per heavy atom. The molecule has 1 amide bonds. The largest absolute Gasteiger partial charge is 0.497 e. The van der Waals surface area contributed by atoms with Gasteiger partial charge in [0.1, 0.15) is 5.75 Å². The summed E-state index contributed by atoms with van der Waals surface area (Å²) in [5.41, 5.74) is -1.81. The predicted molar refractivity (Wildman–Crippen MR) is 135 cm³/mol. The average molecular weight is 546 g/mol. The van der Waals surface area contributed by atoms with Crippen molar-refractivity contribution in [3.05, 3.63) is 29.8 Å². The third kappa shape index (κ3) is 11.2. The third-order valence-electron chi connectivity index (χ3n) is 5.19. The van der Waals surface area contributed by atoms with E-state index in [0.29, 0.717) is 10.8 Å². The summed E-state index contributed by atoms with van der Waals surface area (Å²) in [6.45, 7) is 9.60. The lowest BCUT2D eigenvalue weighted by atomic mass is 9.98. The van der Waals surface area contributed by atoms with E-state index in [0.717, 1.165) is 5.56 Å². The summed E-state index contributed by atoms with van der Waals surface area (Å²) in [7, 11) is -2.62. The zero-order chi connectivity index (χ0) is 28.4. The van der Waals surface area contributed by atoms with Crippen molar-refractivity contribution < 1.29 is 47.4 Å². The Kier molecular flexibility index (Phi) is 12.2. The van der Waals surface area contributed by atoms with Crippen LogP contribution in [0.2, 0.25) is 0 Å². The van der Waals surface area contributed by atoms with E-state index in [1.807, 2.05) is 0 Å². The first-order valence-electron chi connectivity index (χ1n) is 11.8. The summed E-state index contributed by atoms with van der Waals surface area (Å²) in [6, 6.07) is 6.97. The van der Waals surface area contributed by atoms with Gasteiger partial charge in [-0.15, -0.1) is 0 Å². The van der Waals surface area contributed by atoms with Gasteiger partial charge in [-0.25, -0.2) is 5.06 Å². The number of rotatable bonds is 13. The molecule has 0 aliphatic heterocycles. The normalized spacial score (nSPS) is 13.0. The second-order valence-corrected chi connectivity index (χ2v) is 12.9. The Hall–Kier alpha value is -2.46. The Labute approximate surface area is 218 Å². The number of benzene rings is 1. The van der Waals surface area contributed by atoms with Crippen molar-refractivity contribution in [3.8, 4) is 5.75 Å². The standard InChI is InChI=1S/C25H40NO10P/c1-18(27)26(30)14-13-21(15-19-9-11-20(32-8)12-10-19)37(31,35-16-33-22(28)24(2,3)4)36-17-34-23(29)25(5,6)7/h9-12,21,30H,13-17H2,1-8H3. The molecule has 0 aliphatic rings. The lowest BCUT2D eigenvalue weighted by Gasteiger charge is -2.28. The number of nitrogens with zero attached hydrogens (tertiary/aromatic N) is 1. The summed E-state index contributed by atoms with van der Waals surface area (Å²) < 4.78 is 40.5. The zero-order valence-corrected chi connectivity index (χ0v) is 23.8. The molecule has 1 atom stereocenters. The molecule has 1 rings (SSSR count). The summed E-state index contributed by atoms with van der Waals surface area (Å²) in [4.78, 5) is 35.9. The van der Waals surface area contributed by atoms with Gasteiger partial charge < -0.3 is 14.2 Å². The molecule has 1 aromatic carbocycles. The van der Waals surface area contributed by atoms with E-state index in [2.05, 4.69) is 0 Å². The van der Waals surface area contributed by atoms with E-state index in [4.69, 9.17) is 23.3 Å². The fraction of sp³-hybridized carbons (Fsp3) is 0.640. The van der Waals surface area contributed by atoms with E-state index >= 15 is 0 Å². The van der Waals surface area contributed by atoms with Crippen LogP contribution in [0.3, 0.4) is 0 Å². The molecular formula is C25H40NO10P. The Morgan fingerprint density at radius 3 is 1.76 bits per heavy atom. The highest BCUT2D eigenvalue weighted by atomic mass is 31.2. The average Bonchev–Trinajstić information content (AvgIpc) is 2.80. The molecule has 0 heterocycles. The molecule has 0 aromatic heterocycles. The molecule has 0 bridgehead atoms. The molecule has 0 fully saturated rings. The number of methoxy groups -OCH3 is 1. The molecule has 210 valence electrons. The molecular weight excluding hydrogens is 505 g/mol. The first-order chi connectivity index (χ1) is 17.0. The maximum absolute atomic E-state index is 14.0. The molecule has 0 saturated heterocycles. The van der Waals surface area contributed by atoms with E-state index in [1.165, 1.54) is 14.0 Å². The van der Waals surface area contributed by atoms with Crippen LogP contribution in [-0.2, 0) is 43.9 Å². The molecule has 12 heteroatoms. The van der Waals surface area contributed by atoms with Gasteiger partial charge in [0.05, 0.1) is 23.6 Å². The lowest BCUT2D eigenvalue weighted by molar-refractivity contribution is -0.164. The minimum atomic E-state index is -4.15. The number of amides is 1. The minimum Gasteiger partial charge on any atom is -0.497 e. The van der Waals surface area contributed by atoms with Gasteiger partial charge >= 0.3 is 19.5 Å². The Balaban J connectivity index is 3.22. The maximum Gasteiger partial charge on any atom is 0.339 e. The van der Waals surface area contributed by atoms with Gasteiger partial charge in [-0.1, -0.05) is 12.1 Å². The Bertz CT molecular complexity index is 914. The molecule has 11 nitrogen and oxygen atoms in total. The number of hydroxylamine groups is 2. The van der Waals surface area contributed by atoms with Gasteiger partial charge in [0, 0.05) is 13.5 Å². The van der Waals surface area contributed by atoms with E-state index in [-0.39, 0.29) is 19.4 Å². The van der Waals surface area contributed by atoms with Crippen LogP contribution >= 0.6 is 7.60 Å². The predicted octanol–water partition coefficient (Wildman–Crippen LogP) is 4.55. The summed E-state index contributed by atoms with van der Waals surface area (Å²) in [5.74, 6) is -1.14. The van der Waals surface area contributed by atoms with Gasteiger partial charge in [-0.2, -0.15) is 0 Å². The molecule has 0 saturated carbocycles. The lowest BCUT2D eigenvalue weighted by Crippen LogP contribution is -2.30. The first-order valence-corrected chi connectivity index (χ1v) is 13.4. The molecule has 37 heavy (non-hydrogen) atoms. The van der Waals surface area contributed by atoms with Crippen LogP contribution < -0.4 is 4.74 Å². The zero-order valence-electron chi connectivity index (χ0n) is 22.9. The molecule has 1 N–H and O–H groups in total. The smallest absolute Gasteiger partial charge is 0.339 e. The second-order valence-electron chi connectivity index (χ2n) is 10.5. The number of carbonyl (C=O) groups excluding carboxylic acids is 3. The van der Waals surface area contributed by atoms with E-state index in [9.17, 15) is 24.2 Å². The van der Waals surface area contributed by atoms with Crippen molar-refractivity contribution in [2.75, 3.05) is 27.2 Å². The highest BCUT2D eigenvalue weighted by Gasteiger charge is 2.38.